The highest BCUT2D eigenvalue weighted by molar-refractivity contribution is 7.97. The Morgan fingerprint density at radius 3 is 2.56 bits per heavy atom. The fourth-order valence-electron chi connectivity index (χ4n) is 1.70. The van der Waals surface area contributed by atoms with Crippen molar-refractivity contribution in [1.29, 1.82) is 0 Å². The number of nitrogen functional groups attached to an aromatic ring is 1. The van der Waals surface area contributed by atoms with Crippen molar-refractivity contribution in [2.24, 2.45) is 0 Å². The van der Waals surface area contributed by atoms with Crippen LogP contribution < -0.4 is 10.3 Å². The van der Waals surface area contributed by atoms with E-state index in [0.717, 1.165) is 5.88 Å². The van der Waals surface area contributed by atoms with Gasteiger partial charge in [-0.05, 0) is 12.3 Å². The van der Waals surface area contributed by atoms with E-state index in [1.165, 1.54) is 0 Å². The normalized spacial score (nSPS) is 10.3. The average molecular weight is 259 g/mol. The number of pyridine rings is 1. The third-order valence-electron chi connectivity index (χ3n) is 2.63. The summed E-state index contributed by atoms with van der Waals surface area (Å²) < 4.78 is 1.88. The van der Waals surface area contributed by atoms with Crippen LogP contribution in [-0.4, -0.2) is 12.0 Å². The zero-order valence-corrected chi connectivity index (χ0v) is 11.0. The van der Waals surface area contributed by atoms with Crippen LogP contribution in [0.25, 0.3) is 0 Å². The third-order valence-corrected chi connectivity index (χ3v) is 3.16. The molecule has 0 atom stereocenters. The van der Waals surface area contributed by atoms with Crippen molar-refractivity contribution < 1.29 is 9.36 Å². The molecule has 2 aromatic rings. The van der Waals surface area contributed by atoms with Crippen LogP contribution in [0.3, 0.4) is 0 Å². The molecule has 0 radical (unpaired) electrons. The molecule has 0 aliphatic carbocycles. The summed E-state index contributed by atoms with van der Waals surface area (Å²) >= 11 is 1.66. The second-order valence-electron chi connectivity index (χ2n) is 3.93. The maximum absolute atomic E-state index is 12.3. The van der Waals surface area contributed by atoms with Gasteiger partial charge in [0, 0.05) is 11.6 Å². The second-order valence-corrected chi connectivity index (χ2v) is 4.76. The molecule has 4 heteroatoms. The Morgan fingerprint density at radius 2 is 1.89 bits per heavy atom. The molecule has 0 spiro atoms. The lowest BCUT2D eigenvalue weighted by atomic mass is 10.1. The highest BCUT2D eigenvalue weighted by atomic mass is 32.2. The van der Waals surface area contributed by atoms with Crippen LogP contribution >= 0.6 is 11.8 Å². The molecule has 2 N–H and O–H groups in total. The van der Waals surface area contributed by atoms with Crippen LogP contribution in [0.2, 0.25) is 0 Å². The predicted molar refractivity (Wildman–Crippen MR) is 74.4 cm³/mol. The van der Waals surface area contributed by atoms with Gasteiger partial charge < -0.3 is 0 Å². The molecular weight excluding hydrogens is 244 g/mol. The topological polar surface area (TPSA) is 47.0 Å². The zero-order valence-electron chi connectivity index (χ0n) is 10.2. The van der Waals surface area contributed by atoms with Crippen molar-refractivity contribution in [3.63, 3.8) is 0 Å². The van der Waals surface area contributed by atoms with E-state index in [1.807, 2.05) is 41.2 Å². The monoisotopic (exact) mass is 259 g/mol. The van der Waals surface area contributed by atoms with Gasteiger partial charge in [-0.1, -0.05) is 30.3 Å². The molecule has 0 fully saturated rings. The first-order valence-corrected chi connectivity index (χ1v) is 6.99. The Labute approximate surface area is 111 Å². The molecule has 3 nitrogen and oxygen atoms in total. The van der Waals surface area contributed by atoms with Crippen molar-refractivity contribution in [1.82, 2.24) is 0 Å². The number of benzene rings is 1. The number of anilines is 1. The molecule has 1 aromatic heterocycles. The van der Waals surface area contributed by atoms with Crippen LogP contribution in [0.5, 0.6) is 0 Å². The van der Waals surface area contributed by atoms with Gasteiger partial charge in [-0.3, -0.25) is 10.5 Å². The van der Waals surface area contributed by atoms with Crippen LogP contribution in [0.15, 0.2) is 48.7 Å². The fraction of sp³-hybridized carbons (Fsp3) is 0.143. The van der Waals surface area contributed by atoms with E-state index in [0.29, 0.717) is 16.9 Å². The van der Waals surface area contributed by atoms with Gasteiger partial charge in [-0.25, -0.2) is 4.57 Å². The molecule has 0 saturated carbocycles. The predicted octanol–water partition coefficient (Wildman–Crippen LogP) is 2.11. The first kappa shape index (κ1) is 12.6. The maximum atomic E-state index is 12.3. The number of thioether (sulfide) groups is 1. The number of nitrogens with zero attached hydrogens (tertiary/aromatic N) is 1. The van der Waals surface area contributed by atoms with Gasteiger partial charge in [-0.15, -0.1) is 11.8 Å². The molecule has 0 unspecified atom stereocenters. The highest BCUT2D eigenvalue weighted by Gasteiger charge is 2.13. The van der Waals surface area contributed by atoms with E-state index in [4.69, 9.17) is 5.73 Å². The SMILES string of the molecule is CSC[n+]1cc(C(=O)c2ccccc2)ccc1N. The van der Waals surface area contributed by atoms with Crippen molar-refractivity contribution >= 4 is 23.4 Å². The molecule has 2 rings (SSSR count). The Morgan fingerprint density at radius 1 is 1.17 bits per heavy atom. The summed E-state index contributed by atoms with van der Waals surface area (Å²) in [6.45, 7) is 0. The number of carbonyl (C=O) groups is 1. The summed E-state index contributed by atoms with van der Waals surface area (Å²) in [5, 5.41) is 0. The molecule has 18 heavy (non-hydrogen) atoms. The van der Waals surface area contributed by atoms with Gasteiger partial charge in [0.05, 0.1) is 5.56 Å². The summed E-state index contributed by atoms with van der Waals surface area (Å²) in [5.41, 5.74) is 7.20. The second kappa shape index (κ2) is 5.69. The molecule has 0 bridgehead atoms. The van der Waals surface area contributed by atoms with Crippen LogP contribution in [-0.2, 0) is 5.88 Å². The van der Waals surface area contributed by atoms with Crippen LogP contribution in [0, 0.1) is 0 Å². The van der Waals surface area contributed by atoms with Crippen molar-refractivity contribution in [2.45, 2.75) is 5.88 Å². The summed E-state index contributed by atoms with van der Waals surface area (Å²) in [5.74, 6) is 1.42. The lowest BCUT2D eigenvalue weighted by molar-refractivity contribution is -0.661. The van der Waals surface area contributed by atoms with E-state index in [-0.39, 0.29) is 5.78 Å². The van der Waals surface area contributed by atoms with Crippen molar-refractivity contribution in [3.05, 3.63) is 59.8 Å². The van der Waals surface area contributed by atoms with Gasteiger partial charge in [0.1, 0.15) is 12.1 Å². The Bertz CT molecular complexity index is 555. The summed E-state index contributed by atoms with van der Waals surface area (Å²) in [6, 6.07) is 12.8. The summed E-state index contributed by atoms with van der Waals surface area (Å²) in [6.07, 6.45) is 3.80. The van der Waals surface area contributed by atoms with Crippen LogP contribution in [0.1, 0.15) is 15.9 Å². The lowest BCUT2D eigenvalue weighted by Gasteiger charge is -2.04. The van der Waals surface area contributed by atoms with E-state index < -0.39 is 0 Å². The van der Waals surface area contributed by atoms with Gasteiger partial charge in [0.25, 0.3) is 5.82 Å². The van der Waals surface area contributed by atoms with Gasteiger partial charge >= 0.3 is 0 Å². The standard InChI is InChI=1S/C14H14N2OS/c1-18-10-16-9-12(7-8-13(16)15)14(17)11-5-3-2-4-6-11/h2-9,15H,10H2,1H3/p+1. The average Bonchev–Trinajstić information content (AvgIpc) is 2.42. The van der Waals surface area contributed by atoms with E-state index >= 15 is 0 Å². The summed E-state index contributed by atoms with van der Waals surface area (Å²) in [4.78, 5) is 12.3. The number of rotatable bonds is 4. The molecule has 1 aromatic carbocycles. The Balaban J connectivity index is 2.34. The maximum Gasteiger partial charge on any atom is 0.272 e. The number of hydrogen-bond donors (Lipinski definition) is 1. The molecule has 1 heterocycles. The number of nitrogens with two attached hydrogens (primary N) is 1. The first-order valence-electron chi connectivity index (χ1n) is 5.60. The zero-order chi connectivity index (χ0) is 13.0. The third kappa shape index (κ3) is 2.71. The first-order chi connectivity index (χ1) is 8.72. The fourth-order valence-corrected chi connectivity index (χ4v) is 2.20. The van der Waals surface area contributed by atoms with Gasteiger partial charge in [-0.2, -0.15) is 0 Å². The molecular formula is C14H15N2OS+. The van der Waals surface area contributed by atoms with E-state index in [1.54, 1.807) is 30.1 Å². The highest BCUT2D eigenvalue weighted by Crippen LogP contribution is 2.09. The summed E-state index contributed by atoms with van der Waals surface area (Å²) in [7, 11) is 0. The van der Waals surface area contributed by atoms with Crippen LogP contribution in [0.4, 0.5) is 5.82 Å². The Kier molecular flexibility index (Phi) is 3.99. The molecule has 0 aliphatic heterocycles. The molecule has 0 amide bonds. The number of ketones is 1. The Hall–Kier alpha value is -1.81. The minimum Gasteiger partial charge on any atom is -0.288 e. The quantitative estimate of drug-likeness (QED) is 0.675. The largest absolute Gasteiger partial charge is 0.288 e. The molecule has 92 valence electrons. The number of hydrogen-bond acceptors (Lipinski definition) is 3. The van der Waals surface area contributed by atoms with Gasteiger partial charge in [0.2, 0.25) is 0 Å². The lowest BCUT2D eigenvalue weighted by Crippen LogP contribution is -2.36. The van der Waals surface area contributed by atoms with E-state index in [2.05, 4.69) is 0 Å². The van der Waals surface area contributed by atoms with Crippen molar-refractivity contribution in [3.8, 4) is 0 Å². The number of carbonyl (C=O) groups excluding carboxylic acids is 1. The van der Waals surface area contributed by atoms with Crippen molar-refractivity contribution in [2.75, 3.05) is 12.0 Å². The van der Waals surface area contributed by atoms with Gasteiger partial charge in [0.15, 0.2) is 5.78 Å². The minimum atomic E-state index is 0.0189. The minimum absolute atomic E-state index is 0.0189. The number of aromatic nitrogens is 1. The molecule has 0 saturated heterocycles. The smallest absolute Gasteiger partial charge is 0.272 e. The van der Waals surface area contributed by atoms with E-state index in [9.17, 15) is 4.79 Å². The molecule has 0 aliphatic rings.